The second kappa shape index (κ2) is 10.1. The summed E-state index contributed by atoms with van der Waals surface area (Å²) in [5.74, 6) is -1.48. The normalized spacial score (nSPS) is 11.4. The van der Waals surface area contributed by atoms with Crippen molar-refractivity contribution >= 4 is 17.7 Å². The van der Waals surface area contributed by atoms with Crippen LogP contribution >= 0.6 is 0 Å². The number of hydrogen-bond donors (Lipinski definition) is 1. The molecule has 0 bridgehead atoms. The highest BCUT2D eigenvalue weighted by atomic mass is 16.5. The van der Waals surface area contributed by atoms with E-state index in [0.29, 0.717) is 5.56 Å². The molecule has 0 aromatic heterocycles. The molecule has 6 heteroatoms. The number of rotatable bonds is 9. The van der Waals surface area contributed by atoms with E-state index in [4.69, 9.17) is 15.2 Å². The van der Waals surface area contributed by atoms with Gasteiger partial charge >= 0.3 is 11.9 Å². The molecule has 0 aliphatic carbocycles. The fourth-order valence-electron chi connectivity index (χ4n) is 2.15. The van der Waals surface area contributed by atoms with Crippen LogP contribution in [0.25, 0.3) is 0 Å². The van der Waals surface area contributed by atoms with Gasteiger partial charge < -0.3 is 15.2 Å². The van der Waals surface area contributed by atoms with Crippen LogP contribution in [-0.4, -0.2) is 30.4 Å². The number of carbonyl (C=O) groups excluding carboxylic acids is 3. The second-order valence-electron chi connectivity index (χ2n) is 5.69. The van der Waals surface area contributed by atoms with E-state index in [-0.39, 0.29) is 31.8 Å². The Hall–Kier alpha value is -2.99. The van der Waals surface area contributed by atoms with Crippen LogP contribution in [0, 0.1) is 0 Å². The number of hydrogen-bond acceptors (Lipinski definition) is 6. The smallest absolute Gasteiger partial charge is 0.323 e. The summed E-state index contributed by atoms with van der Waals surface area (Å²) in [6.07, 6.45) is 0.0850. The monoisotopic (exact) mass is 355 g/mol. The predicted octanol–water partition coefficient (Wildman–Crippen LogP) is 2.26. The lowest BCUT2D eigenvalue weighted by molar-refractivity contribution is -0.146. The lowest BCUT2D eigenvalue weighted by Gasteiger charge is -2.11. The molecule has 2 aromatic carbocycles. The molecule has 6 nitrogen and oxygen atoms in total. The maximum absolute atomic E-state index is 11.9. The van der Waals surface area contributed by atoms with Gasteiger partial charge in [-0.1, -0.05) is 60.7 Å². The summed E-state index contributed by atoms with van der Waals surface area (Å²) >= 11 is 0. The Morgan fingerprint density at radius 1 is 0.885 bits per heavy atom. The average Bonchev–Trinajstić information content (AvgIpc) is 2.69. The van der Waals surface area contributed by atoms with Crippen molar-refractivity contribution in [2.45, 2.75) is 25.5 Å². The highest BCUT2D eigenvalue weighted by Gasteiger charge is 2.18. The van der Waals surface area contributed by atoms with E-state index in [9.17, 15) is 14.4 Å². The molecule has 0 spiro atoms. The molecule has 0 amide bonds. The van der Waals surface area contributed by atoms with Crippen molar-refractivity contribution in [2.24, 2.45) is 5.73 Å². The molecule has 2 rings (SSSR count). The summed E-state index contributed by atoms with van der Waals surface area (Å²) in [6, 6.07) is 16.8. The summed E-state index contributed by atoms with van der Waals surface area (Å²) in [4.78, 5) is 35.4. The predicted molar refractivity (Wildman–Crippen MR) is 95.2 cm³/mol. The van der Waals surface area contributed by atoms with E-state index >= 15 is 0 Å². The zero-order chi connectivity index (χ0) is 18.8. The number of benzene rings is 2. The molecule has 0 aliphatic rings. The molecule has 0 saturated carbocycles. The Morgan fingerprint density at radius 3 is 2.15 bits per heavy atom. The SMILES string of the molecule is N[C@@H](CCC(=O)OCc1ccccc1)C(=O)OCC(=O)c1ccccc1. The third-order valence-electron chi connectivity index (χ3n) is 3.65. The number of ether oxygens (including phenoxy) is 2. The van der Waals surface area contributed by atoms with Gasteiger partial charge in [-0.2, -0.15) is 0 Å². The van der Waals surface area contributed by atoms with Crippen molar-refractivity contribution in [1.29, 1.82) is 0 Å². The number of ketones is 1. The first-order valence-electron chi connectivity index (χ1n) is 8.26. The van der Waals surface area contributed by atoms with Gasteiger partial charge in [0, 0.05) is 12.0 Å². The number of nitrogens with two attached hydrogens (primary N) is 1. The minimum Gasteiger partial charge on any atom is -0.461 e. The van der Waals surface area contributed by atoms with Gasteiger partial charge in [0.2, 0.25) is 0 Å². The van der Waals surface area contributed by atoms with E-state index in [0.717, 1.165) is 5.56 Å². The minimum absolute atomic E-state index is 0.00423. The Morgan fingerprint density at radius 2 is 1.50 bits per heavy atom. The van der Waals surface area contributed by atoms with Crippen LogP contribution in [0.3, 0.4) is 0 Å². The Balaban J connectivity index is 1.66. The summed E-state index contributed by atoms with van der Waals surface area (Å²) in [7, 11) is 0. The van der Waals surface area contributed by atoms with Crippen LogP contribution in [0.1, 0.15) is 28.8 Å². The van der Waals surface area contributed by atoms with Crippen molar-refractivity contribution in [3.63, 3.8) is 0 Å². The summed E-state index contributed by atoms with van der Waals surface area (Å²) in [6.45, 7) is -0.208. The van der Waals surface area contributed by atoms with E-state index < -0.39 is 18.0 Å². The third-order valence-corrected chi connectivity index (χ3v) is 3.65. The van der Waals surface area contributed by atoms with Gasteiger partial charge in [0.05, 0.1) is 0 Å². The van der Waals surface area contributed by atoms with Crippen LogP contribution in [-0.2, 0) is 25.7 Å². The molecular formula is C20H21NO5. The molecule has 1 atom stereocenters. The van der Waals surface area contributed by atoms with Crippen LogP contribution in [0.4, 0.5) is 0 Å². The van der Waals surface area contributed by atoms with Crippen LogP contribution in [0.2, 0.25) is 0 Å². The largest absolute Gasteiger partial charge is 0.461 e. The quantitative estimate of drug-likeness (QED) is 0.547. The molecule has 0 radical (unpaired) electrons. The molecule has 26 heavy (non-hydrogen) atoms. The average molecular weight is 355 g/mol. The Kier molecular flexibility index (Phi) is 7.51. The molecule has 0 aliphatic heterocycles. The Labute approximate surface area is 151 Å². The second-order valence-corrected chi connectivity index (χ2v) is 5.69. The number of Topliss-reactive ketones (excluding diaryl/α,β-unsaturated/α-hetero) is 1. The zero-order valence-electron chi connectivity index (χ0n) is 14.3. The maximum Gasteiger partial charge on any atom is 0.323 e. The molecular weight excluding hydrogens is 334 g/mol. The van der Waals surface area contributed by atoms with Gasteiger partial charge in [-0.25, -0.2) is 0 Å². The van der Waals surface area contributed by atoms with Crippen molar-refractivity contribution in [3.05, 3.63) is 71.8 Å². The topological polar surface area (TPSA) is 95.7 Å². The summed E-state index contributed by atoms with van der Waals surface area (Å²) in [5.41, 5.74) is 7.04. The first kappa shape index (κ1) is 19.3. The van der Waals surface area contributed by atoms with Crippen molar-refractivity contribution in [3.8, 4) is 0 Å². The third kappa shape index (κ3) is 6.49. The van der Waals surface area contributed by atoms with Gasteiger partial charge in [0.1, 0.15) is 12.6 Å². The summed E-state index contributed by atoms with van der Waals surface area (Å²) in [5, 5.41) is 0. The van der Waals surface area contributed by atoms with E-state index in [1.54, 1.807) is 30.3 Å². The van der Waals surface area contributed by atoms with Crippen LogP contribution in [0.15, 0.2) is 60.7 Å². The molecule has 0 fully saturated rings. The van der Waals surface area contributed by atoms with Gasteiger partial charge in [-0.05, 0) is 12.0 Å². The van der Waals surface area contributed by atoms with Gasteiger partial charge in [-0.15, -0.1) is 0 Å². The van der Waals surface area contributed by atoms with E-state index in [1.807, 2.05) is 30.3 Å². The molecule has 2 aromatic rings. The lowest BCUT2D eigenvalue weighted by Crippen LogP contribution is -2.34. The fraction of sp³-hybridized carbons (Fsp3) is 0.250. The summed E-state index contributed by atoms with van der Waals surface area (Å²) < 4.78 is 10.0. The van der Waals surface area contributed by atoms with Gasteiger partial charge in [0.15, 0.2) is 12.4 Å². The van der Waals surface area contributed by atoms with Crippen molar-refractivity contribution in [1.82, 2.24) is 0 Å². The number of esters is 2. The zero-order valence-corrected chi connectivity index (χ0v) is 14.3. The van der Waals surface area contributed by atoms with Gasteiger partial charge in [-0.3, -0.25) is 14.4 Å². The molecule has 136 valence electrons. The van der Waals surface area contributed by atoms with E-state index in [1.165, 1.54) is 0 Å². The molecule has 2 N–H and O–H groups in total. The first-order chi connectivity index (χ1) is 12.6. The molecule has 0 unspecified atom stereocenters. The Bertz CT molecular complexity index is 730. The first-order valence-corrected chi connectivity index (χ1v) is 8.26. The molecule has 0 heterocycles. The maximum atomic E-state index is 11.9. The lowest BCUT2D eigenvalue weighted by atomic mass is 10.1. The standard InChI is InChI=1S/C20H21NO5/c21-17(11-12-19(23)25-13-15-7-3-1-4-8-15)20(24)26-14-18(22)16-9-5-2-6-10-16/h1-10,17H,11-14,21H2/t17-/m0/s1. The van der Waals surface area contributed by atoms with Crippen LogP contribution < -0.4 is 5.73 Å². The number of carbonyl (C=O) groups is 3. The van der Waals surface area contributed by atoms with Crippen molar-refractivity contribution in [2.75, 3.05) is 6.61 Å². The highest BCUT2D eigenvalue weighted by Crippen LogP contribution is 2.05. The fourth-order valence-corrected chi connectivity index (χ4v) is 2.15. The van der Waals surface area contributed by atoms with Gasteiger partial charge in [0.25, 0.3) is 0 Å². The van der Waals surface area contributed by atoms with Crippen molar-refractivity contribution < 1.29 is 23.9 Å². The van der Waals surface area contributed by atoms with Crippen LogP contribution in [0.5, 0.6) is 0 Å². The highest BCUT2D eigenvalue weighted by molar-refractivity contribution is 5.98. The molecule has 0 saturated heterocycles. The van der Waals surface area contributed by atoms with E-state index in [2.05, 4.69) is 0 Å². The minimum atomic E-state index is -0.983.